The van der Waals surface area contributed by atoms with Gasteiger partial charge in [-0.15, -0.1) is 0 Å². The molecule has 204 valence electrons. The Morgan fingerprint density at radius 1 is 1.08 bits per heavy atom. The van der Waals surface area contributed by atoms with Crippen LogP contribution in [0.25, 0.3) is 11.2 Å². The van der Waals surface area contributed by atoms with E-state index in [-0.39, 0.29) is 11.6 Å². The number of H-pyrrole nitrogens is 1. The monoisotopic (exact) mass is 546 g/mol. The molecule has 1 saturated heterocycles. The molecule has 0 aliphatic carbocycles. The summed E-state index contributed by atoms with van der Waals surface area (Å²) >= 11 is 1.48. The molecule has 10 heteroatoms. The number of imidazole rings is 1. The number of amides is 1. The fraction of sp³-hybridized carbons (Fsp3) is 0.379. The number of hydrogen-bond donors (Lipinski definition) is 2. The van der Waals surface area contributed by atoms with Gasteiger partial charge in [-0.25, -0.2) is 9.78 Å². The summed E-state index contributed by atoms with van der Waals surface area (Å²) < 4.78 is 7.41. The summed E-state index contributed by atoms with van der Waals surface area (Å²) in [5, 5.41) is 3.54. The number of anilines is 1. The van der Waals surface area contributed by atoms with Gasteiger partial charge in [-0.05, 0) is 44.7 Å². The number of nitrogens with one attached hydrogen (secondary N) is 2. The largest absolute Gasteiger partial charge is 0.444 e. The SMILES string of the molecule is CC(C)(C)OC(=O)NC1CCCN(c2nc3nc(SCc4ccccc4)[nH]c(=O)c3n2Cc2ccccc2)C1. The average molecular weight is 547 g/mol. The predicted octanol–water partition coefficient (Wildman–Crippen LogP) is 4.95. The highest BCUT2D eigenvalue weighted by atomic mass is 32.2. The zero-order valence-corrected chi connectivity index (χ0v) is 23.3. The highest BCUT2D eigenvalue weighted by molar-refractivity contribution is 7.98. The number of benzene rings is 2. The first-order valence-electron chi connectivity index (χ1n) is 13.2. The molecule has 39 heavy (non-hydrogen) atoms. The maximum Gasteiger partial charge on any atom is 0.407 e. The van der Waals surface area contributed by atoms with Crippen LogP contribution in [-0.4, -0.2) is 50.3 Å². The van der Waals surface area contributed by atoms with Crippen LogP contribution in [0.15, 0.2) is 70.6 Å². The van der Waals surface area contributed by atoms with Crippen molar-refractivity contribution in [3.63, 3.8) is 0 Å². The molecule has 2 aromatic heterocycles. The summed E-state index contributed by atoms with van der Waals surface area (Å²) in [6.07, 6.45) is 1.29. The van der Waals surface area contributed by atoms with E-state index in [2.05, 4.69) is 27.3 Å². The van der Waals surface area contributed by atoms with Crippen molar-refractivity contribution in [1.29, 1.82) is 0 Å². The van der Waals surface area contributed by atoms with Gasteiger partial charge < -0.3 is 15.0 Å². The Morgan fingerprint density at radius 3 is 2.46 bits per heavy atom. The second kappa shape index (κ2) is 11.5. The van der Waals surface area contributed by atoms with Gasteiger partial charge in [0.25, 0.3) is 5.56 Å². The Bertz CT molecular complexity index is 1480. The smallest absolute Gasteiger partial charge is 0.407 e. The fourth-order valence-corrected chi connectivity index (χ4v) is 5.53. The van der Waals surface area contributed by atoms with Crippen LogP contribution in [0.4, 0.5) is 10.7 Å². The fourth-order valence-electron chi connectivity index (χ4n) is 4.71. The number of nitrogens with zero attached hydrogens (tertiary/aromatic N) is 4. The van der Waals surface area contributed by atoms with E-state index in [0.717, 1.165) is 30.5 Å². The third kappa shape index (κ3) is 6.81. The van der Waals surface area contributed by atoms with Crippen LogP contribution in [0.2, 0.25) is 0 Å². The Hall–Kier alpha value is -3.79. The molecule has 0 bridgehead atoms. The predicted molar refractivity (Wildman–Crippen MR) is 154 cm³/mol. The van der Waals surface area contributed by atoms with E-state index >= 15 is 0 Å². The number of ether oxygens (including phenoxy) is 1. The summed E-state index contributed by atoms with van der Waals surface area (Å²) in [5.41, 5.74) is 2.29. The first kappa shape index (κ1) is 26.8. The lowest BCUT2D eigenvalue weighted by atomic mass is 10.1. The van der Waals surface area contributed by atoms with Crippen LogP contribution >= 0.6 is 11.8 Å². The quantitative estimate of drug-likeness (QED) is 0.250. The zero-order chi connectivity index (χ0) is 27.4. The minimum atomic E-state index is -0.564. The number of aromatic amines is 1. The van der Waals surface area contributed by atoms with Gasteiger partial charge in [-0.1, -0.05) is 72.4 Å². The van der Waals surface area contributed by atoms with Gasteiger partial charge in [-0.2, -0.15) is 4.98 Å². The molecule has 4 aromatic rings. The van der Waals surface area contributed by atoms with E-state index in [1.54, 1.807) is 0 Å². The number of alkyl carbamates (subject to hydrolysis) is 1. The Kier molecular flexibility index (Phi) is 7.92. The topological polar surface area (TPSA) is 105 Å². The normalized spacial score (nSPS) is 15.9. The van der Waals surface area contributed by atoms with E-state index in [4.69, 9.17) is 14.7 Å². The molecule has 0 spiro atoms. The van der Waals surface area contributed by atoms with Crippen LogP contribution in [0.3, 0.4) is 0 Å². The average Bonchev–Trinajstić information content (AvgIpc) is 3.26. The molecule has 5 rings (SSSR count). The van der Waals surface area contributed by atoms with Gasteiger partial charge in [0.1, 0.15) is 5.60 Å². The van der Waals surface area contributed by atoms with Crippen LogP contribution in [-0.2, 0) is 17.0 Å². The number of aromatic nitrogens is 4. The number of rotatable bonds is 7. The van der Waals surface area contributed by atoms with Crippen molar-refractivity contribution in [3.8, 4) is 0 Å². The molecule has 1 fully saturated rings. The Balaban J connectivity index is 1.45. The molecule has 2 aromatic carbocycles. The van der Waals surface area contributed by atoms with Crippen molar-refractivity contribution < 1.29 is 9.53 Å². The molecule has 3 heterocycles. The molecule has 1 atom stereocenters. The van der Waals surface area contributed by atoms with Gasteiger partial charge in [0, 0.05) is 24.9 Å². The lowest BCUT2D eigenvalue weighted by Crippen LogP contribution is -2.49. The highest BCUT2D eigenvalue weighted by Crippen LogP contribution is 2.26. The first-order valence-corrected chi connectivity index (χ1v) is 14.2. The van der Waals surface area contributed by atoms with Crippen molar-refractivity contribution in [3.05, 3.63) is 82.1 Å². The van der Waals surface area contributed by atoms with Crippen molar-refractivity contribution >= 4 is 35.0 Å². The number of hydrogen-bond acceptors (Lipinski definition) is 7. The Labute approximate surface area is 232 Å². The summed E-state index contributed by atoms with van der Waals surface area (Å²) in [6, 6.07) is 20.0. The van der Waals surface area contributed by atoms with Crippen molar-refractivity contribution in [1.82, 2.24) is 24.8 Å². The molecule has 1 aliphatic heterocycles. The van der Waals surface area contributed by atoms with Crippen LogP contribution < -0.4 is 15.8 Å². The van der Waals surface area contributed by atoms with Gasteiger partial charge >= 0.3 is 6.09 Å². The number of carbonyl (C=O) groups excluding carboxylic acids is 1. The standard InChI is InChI=1S/C29H34N6O3S/c1-29(2,3)38-28(37)30-22-15-10-16-34(18-22)27-32-24-23(35(27)17-20-11-6-4-7-12-20)25(36)33-26(31-24)39-19-21-13-8-5-9-14-21/h4-9,11-14,22H,10,15-19H2,1-3H3,(H,30,37)(H,31,33,36). The molecule has 0 radical (unpaired) electrons. The van der Waals surface area contributed by atoms with Gasteiger partial charge in [0.15, 0.2) is 16.3 Å². The second-order valence-electron chi connectivity index (χ2n) is 10.7. The van der Waals surface area contributed by atoms with E-state index < -0.39 is 11.7 Å². The summed E-state index contributed by atoms with van der Waals surface area (Å²) in [5.74, 6) is 1.37. The van der Waals surface area contributed by atoms with Crippen LogP contribution in [0.1, 0.15) is 44.7 Å². The maximum atomic E-state index is 13.4. The molecule has 1 aliphatic rings. The number of carbonyl (C=O) groups is 1. The lowest BCUT2D eigenvalue weighted by Gasteiger charge is -2.34. The highest BCUT2D eigenvalue weighted by Gasteiger charge is 2.28. The Morgan fingerprint density at radius 2 is 1.77 bits per heavy atom. The molecule has 2 N–H and O–H groups in total. The molecule has 0 saturated carbocycles. The molecule has 9 nitrogen and oxygen atoms in total. The van der Waals surface area contributed by atoms with E-state index in [0.29, 0.717) is 41.1 Å². The maximum absolute atomic E-state index is 13.4. The molecular weight excluding hydrogens is 512 g/mol. The van der Waals surface area contributed by atoms with Crippen molar-refractivity contribution in [2.24, 2.45) is 0 Å². The summed E-state index contributed by atoms with van der Waals surface area (Å²) in [4.78, 5) is 40.5. The van der Waals surface area contributed by atoms with Crippen LogP contribution in [0.5, 0.6) is 0 Å². The second-order valence-corrected chi connectivity index (χ2v) is 11.7. The first-order chi connectivity index (χ1) is 18.7. The summed E-state index contributed by atoms with van der Waals surface area (Å²) in [6.45, 7) is 7.35. The minimum Gasteiger partial charge on any atom is -0.444 e. The van der Waals surface area contributed by atoms with Gasteiger partial charge in [-0.3, -0.25) is 14.3 Å². The van der Waals surface area contributed by atoms with Crippen molar-refractivity contribution in [2.75, 3.05) is 18.0 Å². The lowest BCUT2D eigenvalue weighted by molar-refractivity contribution is 0.0499. The third-order valence-electron chi connectivity index (χ3n) is 6.40. The van der Waals surface area contributed by atoms with Crippen LogP contribution in [0, 0.1) is 0 Å². The molecule has 1 unspecified atom stereocenters. The van der Waals surface area contributed by atoms with E-state index in [1.807, 2.05) is 73.9 Å². The van der Waals surface area contributed by atoms with E-state index in [1.165, 1.54) is 11.8 Å². The number of fused-ring (bicyclic) bond motifs is 1. The van der Waals surface area contributed by atoms with Gasteiger partial charge in [0.05, 0.1) is 6.54 Å². The zero-order valence-electron chi connectivity index (χ0n) is 22.5. The third-order valence-corrected chi connectivity index (χ3v) is 7.34. The van der Waals surface area contributed by atoms with E-state index in [9.17, 15) is 9.59 Å². The molecule has 1 amide bonds. The van der Waals surface area contributed by atoms with Crippen molar-refractivity contribution in [2.45, 2.75) is 62.7 Å². The van der Waals surface area contributed by atoms with Gasteiger partial charge in [0.2, 0.25) is 5.95 Å². The minimum absolute atomic E-state index is 0.0955. The summed E-state index contributed by atoms with van der Waals surface area (Å²) in [7, 11) is 0. The number of piperidine rings is 1. The molecular formula is C29H34N6O3S. The number of thioether (sulfide) groups is 1.